The number of hydrogen-bond donors (Lipinski definition) is 1. The molecule has 2 aliphatic rings. The van der Waals surface area contributed by atoms with Crippen LogP contribution in [0, 0.1) is 17.8 Å². The fourth-order valence-electron chi connectivity index (χ4n) is 3.30. The second-order valence-electron chi connectivity index (χ2n) is 5.27. The molecule has 2 fully saturated rings. The fourth-order valence-corrected chi connectivity index (χ4v) is 3.30. The van der Waals surface area contributed by atoms with Crippen LogP contribution in [0.4, 0.5) is 0 Å². The highest BCUT2D eigenvalue weighted by atomic mass is 16.5. The van der Waals surface area contributed by atoms with Crippen molar-refractivity contribution in [3.05, 3.63) is 0 Å². The molecule has 0 amide bonds. The van der Waals surface area contributed by atoms with E-state index in [9.17, 15) is 5.11 Å². The predicted molar refractivity (Wildman–Crippen MR) is 60.7 cm³/mol. The number of rotatable bonds is 2. The lowest BCUT2D eigenvalue weighted by Crippen LogP contribution is -2.36. The summed E-state index contributed by atoms with van der Waals surface area (Å²) in [4.78, 5) is 0. The molecule has 1 heterocycles. The van der Waals surface area contributed by atoms with Crippen LogP contribution >= 0.6 is 0 Å². The Kier molecular flexibility index (Phi) is 4.04. The largest absolute Gasteiger partial charge is 0.393 e. The van der Waals surface area contributed by atoms with Gasteiger partial charge in [0, 0.05) is 13.2 Å². The molecule has 88 valence electrons. The van der Waals surface area contributed by atoms with Gasteiger partial charge in [-0.1, -0.05) is 13.3 Å². The summed E-state index contributed by atoms with van der Waals surface area (Å²) in [7, 11) is 0. The second-order valence-corrected chi connectivity index (χ2v) is 5.27. The zero-order chi connectivity index (χ0) is 10.7. The van der Waals surface area contributed by atoms with Crippen molar-refractivity contribution in [3.8, 4) is 0 Å². The molecule has 0 aromatic heterocycles. The lowest BCUT2D eigenvalue weighted by Gasteiger charge is -2.39. The zero-order valence-electron chi connectivity index (χ0n) is 9.82. The standard InChI is InChI=1S/C13H24O2/c1-2-10-3-4-13(14)12(9-10)11-5-7-15-8-6-11/h10-14H,2-9H2,1H3. The van der Waals surface area contributed by atoms with Gasteiger partial charge < -0.3 is 9.84 Å². The summed E-state index contributed by atoms with van der Waals surface area (Å²) < 4.78 is 5.40. The van der Waals surface area contributed by atoms with Gasteiger partial charge in [-0.05, 0) is 49.9 Å². The number of aliphatic hydroxyl groups is 1. The van der Waals surface area contributed by atoms with E-state index in [4.69, 9.17) is 4.74 Å². The van der Waals surface area contributed by atoms with E-state index < -0.39 is 0 Å². The summed E-state index contributed by atoms with van der Waals surface area (Å²) in [6.45, 7) is 4.10. The first kappa shape index (κ1) is 11.4. The third-order valence-electron chi connectivity index (χ3n) is 4.42. The molecule has 1 saturated heterocycles. The van der Waals surface area contributed by atoms with Crippen molar-refractivity contribution in [1.29, 1.82) is 0 Å². The van der Waals surface area contributed by atoms with Gasteiger partial charge in [0.15, 0.2) is 0 Å². The SMILES string of the molecule is CCC1CCC(O)C(C2CCOCC2)C1. The molecule has 1 N–H and O–H groups in total. The summed E-state index contributed by atoms with van der Waals surface area (Å²) in [5.74, 6) is 2.15. The lowest BCUT2D eigenvalue weighted by atomic mass is 9.70. The Bertz CT molecular complexity index is 187. The first-order chi connectivity index (χ1) is 7.31. The van der Waals surface area contributed by atoms with E-state index in [0.717, 1.165) is 44.3 Å². The molecule has 2 rings (SSSR count). The molecule has 1 saturated carbocycles. The van der Waals surface area contributed by atoms with Crippen molar-refractivity contribution in [1.82, 2.24) is 0 Å². The smallest absolute Gasteiger partial charge is 0.0571 e. The van der Waals surface area contributed by atoms with Crippen LogP contribution in [-0.2, 0) is 4.74 Å². The molecule has 1 aliphatic heterocycles. The van der Waals surface area contributed by atoms with Crippen LogP contribution in [-0.4, -0.2) is 24.4 Å². The molecule has 0 bridgehead atoms. The Hall–Kier alpha value is -0.0800. The van der Waals surface area contributed by atoms with E-state index in [0.29, 0.717) is 5.92 Å². The molecule has 0 aromatic rings. The Morgan fingerprint density at radius 2 is 1.87 bits per heavy atom. The van der Waals surface area contributed by atoms with E-state index in [2.05, 4.69) is 6.92 Å². The monoisotopic (exact) mass is 212 g/mol. The van der Waals surface area contributed by atoms with E-state index >= 15 is 0 Å². The van der Waals surface area contributed by atoms with Crippen molar-refractivity contribution >= 4 is 0 Å². The predicted octanol–water partition coefficient (Wildman–Crippen LogP) is 2.60. The van der Waals surface area contributed by atoms with Gasteiger partial charge >= 0.3 is 0 Å². The van der Waals surface area contributed by atoms with Crippen LogP contribution in [0.1, 0.15) is 45.4 Å². The molecule has 1 aliphatic carbocycles. The highest BCUT2D eigenvalue weighted by molar-refractivity contribution is 4.85. The van der Waals surface area contributed by atoms with Gasteiger partial charge in [0.1, 0.15) is 0 Å². The van der Waals surface area contributed by atoms with E-state index in [1.54, 1.807) is 0 Å². The summed E-state index contributed by atoms with van der Waals surface area (Å²) >= 11 is 0. The van der Waals surface area contributed by atoms with Crippen LogP contribution in [0.3, 0.4) is 0 Å². The third kappa shape index (κ3) is 2.73. The first-order valence-corrected chi connectivity index (χ1v) is 6.57. The van der Waals surface area contributed by atoms with Crippen molar-refractivity contribution < 1.29 is 9.84 Å². The topological polar surface area (TPSA) is 29.5 Å². The molecule has 3 unspecified atom stereocenters. The Labute approximate surface area is 93.0 Å². The molecule has 0 aromatic carbocycles. The van der Waals surface area contributed by atoms with E-state index in [1.165, 1.54) is 19.3 Å². The highest BCUT2D eigenvalue weighted by Gasteiger charge is 2.34. The molecule has 0 radical (unpaired) electrons. The van der Waals surface area contributed by atoms with Crippen LogP contribution in [0.5, 0.6) is 0 Å². The summed E-state index contributed by atoms with van der Waals surface area (Å²) in [5.41, 5.74) is 0. The minimum atomic E-state index is -0.0316. The molecular formula is C13H24O2. The quantitative estimate of drug-likeness (QED) is 0.762. The number of aliphatic hydroxyl groups excluding tert-OH is 1. The summed E-state index contributed by atoms with van der Waals surface area (Å²) in [5, 5.41) is 10.1. The molecule has 2 nitrogen and oxygen atoms in total. The number of ether oxygens (including phenoxy) is 1. The van der Waals surface area contributed by atoms with Gasteiger partial charge in [0.25, 0.3) is 0 Å². The minimum Gasteiger partial charge on any atom is -0.393 e. The number of hydrogen-bond acceptors (Lipinski definition) is 2. The van der Waals surface area contributed by atoms with Gasteiger partial charge in [-0.3, -0.25) is 0 Å². The Morgan fingerprint density at radius 3 is 2.53 bits per heavy atom. The highest BCUT2D eigenvalue weighted by Crippen LogP contribution is 2.39. The van der Waals surface area contributed by atoms with Gasteiger partial charge in [0.05, 0.1) is 6.10 Å². The normalized spacial score (nSPS) is 39.2. The lowest BCUT2D eigenvalue weighted by molar-refractivity contribution is -0.0257. The maximum atomic E-state index is 10.1. The van der Waals surface area contributed by atoms with Crippen molar-refractivity contribution in [2.75, 3.05) is 13.2 Å². The van der Waals surface area contributed by atoms with E-state index in [-0.39, 0.29) is 6.10 Å². The second kappa shape index (κ2) is 5.31. The van der Waals surface area contributed by atoms with Crippen molar-refractivity contribution in [2.24, 2.45) is 17.8 Å². The van der Waals surface area contributed by atoms with Crippen molar-refractivity contribution in [3.63, 3.8) is 0 Å². The van der Waals surface area contributed by atoms with Crippen LogP contribution < -0.4 is 0 Å². The average molecular weight is 212 g/mol. The third-order valence-corrected chi connectivity index (χ3v) is 4.42. The Morgan fingerprint density at radius 1 is 1.13 bits per heavy atom. The molecular weight excluding hydrogens is 188 g/mol. The fraction of sp³-hybridized carbons (Fsp3) is 1.00. The van der Waals surface area contributed by atoms with Gasteiger partial charge in [-0.15, -0.1) is 0 Å². The summed E-state index contributed by atoms with van der Waals surface area (Å²) in [6, 6.07) is 0. The zero-order valence-corrected chi connectivity index (χ0v) is 9.82. The average Bonchev–Trinajstić information content (AvgIpc) is 2.31. The van der Waals surface area contributed by atoms with Crippen LogP contribution in [0.25, 0.3) is 0 Å². The minimum absolute atomic E-state index is 0.0316. The first-order valence-electron chi connectivity index (χ1n) is 6.57. The Balaban J connectivity index is 1.92. The molecule has 0 spiro atoms. The van der Waals surface area contributed by atoms with Gasteiger partial charge in [0.2, 0.25) is 0 Å². The van der Waals surface area contributed by atoms with Crippen LogP contribution in [0.2, 0.25) is 0 Å². The summed E-state index contributed by atoms with van der Waals surface area (Å²) in [6.07, 6.45) is 7.10. The van der Waals surface area contributed by atoms with Crippen LogP contribution in [0.15, 0.2) is 0 Å². The van der Waals surface area contributed by atoms with E-state index in [1.807, 2.05) is 0 Å². The maximum absolute atomic E-state index is 10.1. The van der Waals surface area contributed by atoms with Gasteiger partial charge in [-0.2, -0.15) is 0 Å². The molecule has 15 heavy (non-hydrogen) atoms. The van der Waals surface area contributed by atoms with Crippen molar-refractivity contribution in [2.45, 2.75) is 51.6 Å². The molecule has 3 atom stereocenters. The maximum Gasteiger partial charge on any atom is 0.0571 e. The van der Waals surface area contributed by atoms with Gasteiger partial charge in [-0.25, -0.2) is 0 Å². The molecule has 2 heteroatoms.